The SMILES string of the molecule is Cc1nn2c(=O)cc(CSCC(O)c3ccccc3)nc2s1. The van der Waals surface area contributed by atoms with Crippen LogP contribution in [0.15, 0.2) is 41.2 Å². The second-order valence-corrected chi connectivity index (χ2v) is 7.03. The van der Waals surface area contributed by atoms with Crippen LogP contribution in [0, 0.1) is 6.92 Å². The molecule has 0 saturated heterocycles. The van der Waals surface area contributed by atoms with E-state index in [1.54, 1.807) is 11.8 Å². The number of hydrogen-bond acceptors (Lipinski definition) is 6. The molecule has 1 aromatic carbocycles. The van der Waals surface area contributed by atoms with E-state index in [4.69, 9.17) is 0 Å². The van der Waals surface area contributed by atoms with Crippen molar-refractivity contribution in [3.8, 4) is 0 Å². The Hall–Kier alpha value is -1.70. The first-order valence-corrected chi connectivity index (χ1v) is 8.78. The fourth-order valence-electron chi connectivity index (χ4n) is 2.07. The summed E-state index contributed by atoms with van der Waals surface area (Å²) in [5.74, 6) is 1.15. The zero-order chi connectivity index (χ0) is 15.5. The number of aliphatic hydroxyl groups is 1. The normalized spacial score (nSPS) is 12.6. The molecule has 0 bridgehead atoms. The van der Waals surface area contributed by atoms with Gasteiger partial charge in [0.15, 0.2) is 0 Å². The molecule has 0 aliphatic carbocycles. The van der Waals surface area contributed by atoms with Gasteiger partial charge in [0, 0.05) is 17.6 Å². The Labute approximate surface area is 135 Å². The van der Waals surface area contributed by atoms with Gasteiger partial charge in [0.25, 0.3) is 5.56 Å². The molecule has 3 rings (SSSR count). The minimum atomic E-state index is -0.512. The van der Waals surface area contributed by atoms with Crippen LogP contribution in [0.3, 0.4) is 0 Å². The van der Waals surface area contributed by atoms with Crippen LogP contribution in [0.1, 0.15) is 22.4 Å². The maximum atomic E-state index is 11.9. The standard InChI is InChI=1S/C15H15N3O2S2/c1-10-17-18-14(20)7-12(16-15(18)22-10)8-21-9-13(19)11-5-3-2-4-6-11/h2-7,13,19H,8-9H2,1H3. The summed E-state index contributed by atoms with van der Waals surface area (Å²) in [6.07, 6.45) is -0.512. The Kier molecular flexibility index (Phi) is 4.56. The van der Waals surface area contributed by atoms with Gasteiger partial charge in [-0.1, -0.05) is 41.7 Å². The van der Waals surface area contributed by atoms with Gasteiger partial charge in [0.1, 0.15) is 5.01 Å². The molecule has 0 radical (unpaired) electrons. The molecule has 114 valence electrons. The van der Waals surface area contributed by atoms with E-state index in [1.165, 1.54) is 21.9 Å². The topological polar surface area (TPSA) is 67.5 Å². The molecule has 1 N–H and O–H groups in total. The number of benzene rings is 1. The van der Waals surface area contributed by atoms with E-state index < -0.39 is 6.10 Å². The number of rotatable bonds is 5. The van der Waals surface area contributed by atoms with Gasteiger partial charge in [0.05, 0.1) is 11.8 Å². The second kappa shape index (κ2) is 6.60. The molecule has 0 aliphatic heterocycles. The first-order chi connectivity index (χ1) is 10.6. The lowest BCUT2D eigenvalue weighted by atomic mass is 10.1. The molecule has 1 unspecified atom stereocenters. The van der Waals surface area contributed by atoms with Gasteiger partial charge in [-0.25, -0.2) is 4.98 Å². The van der Waals surface area contributed by atoms with Crippen LogP contribution in [-0.4, -0.2) is 25.5 Å². The van der Waals surface area contributed by atoms with Crippen molar-refractivity contribution in [1.29, 1.82) is 0 Å². The third-order valence-electron chi connectivity index (χ3n) is 3.11. The smallest absolute Gasteiger partial charge is 0.275 e. The van der Waals surface area contributed by atoms with E-state index >= 15 is 0 Å². The fourth-order valence-corrected chi connectivity index (χ4v) is 3.73. The molecular formula is C15H15N3O2S2. The van der Waals surface area contributed by atoms with Crippen molar-refractivity contribution < 1.29 is 5.11 Å². The average Bonchev–Trinajstić information content (AvgIpc) is 2.89. The molecule has 1 atom stereocenters. The summed E-state index contributed by atoms with van der Waals surface area (Å²) in [6.45, 7) is 1.85. The number of hydrogen-bond donors (Lipinski definition) is 1. The lowest BCUT2D eigenvalue weighted by Crippen LogP contribution is -2.15. The van der Waals surface area contributed by atoms with Crippen LogP contribution < -0.4 is 5.56 Å². The monoisotopic (exact) mass is 333 g/mol. The van der Waals surface area contributed by atoms with Crippen LogP contribution in [0.5, 0.6) is 0 Å². The van der Waals surface area contributed by atoms with E-state index in [2.05, 4.69) is 10.1 Å². The highest BCUT2D eigenvalue weighted by atomic mass is 32.2. The Morgan fingerprint density at radius 2 is 2.14 bits per heavy atom. The van der Waals surface area contributed by atoms with Gasteiger partial charge in [-0.15, -0.1) is 0 Å². The molecule has 0 spiro atoms. The highest BCUT2D eigenvalue weighted by Gasteiger charge is 2.09. The molecule has 3 aromatic rings. The van der Waals surface area contributed by atoms with Crippen LogP contribution >= 0.6 is 23.1 Å². The van der Waals surface area contributed by atoms with E-state index in [9.17, 15) is 9.90 Å². The van der Waals surface area contributed by atoms with Gasteiger partial charge in [-0.05, 0) is 12.5 Å². The van der Waals surface area contributed by atoms with E-state index in [0.717, 1.165) is 16.3 Å². The summed E-state index contributed by atoms with van der Waals surface area (Å²) in [6, 6.07) is 11.1. The van der Waals surface area contributed by atoms with E-state index in [0.29, 0.717) is 16.5 Å². The van der Waals surface area contributed by atoms with Crippen molar-refractivity contribution in [3.05, 3.63) is 63.0 Å². The minimum Gasteiger partial charge on any atom is -0.388 e. The molecule has 22 heavy (non-hydrogen) atoms. The Balaban J connectivity index is 1.65. The Morgan fingerprint density at radius 3 is 2.91 bits per heavy atom. The molecule has 2 aromatic heterocycles. The molecule has 2 heterocycles. The van der Waals surface area contributed by atoms with E-state index in [-0.39, 0.29) is 5.56 Å². The number of nitrogens with zero attached hydrogens (tertiary/aromatic N) is 3. The Morgan fingerprint density at radius 1 is 1.36 bits per heavy atom. The molecule has 0 amide bonds. The number of fused-ring (bicyclic) bond motifs is 1. The summed E-state index contributed by atoms with van der Waals surface area (Å²) in [7, 11) is 0. The van der Waals surface area contributed by atoms with Crippen molar-refractivity contribution in [2.75, 3.05) is 5.75 Å². The summed E-state index contributed by atoms with van der Waals surface area (Å²) < 4.78 is 1.33. The third-order valence-corrected chi connectivity index (χ3v) is 4.98. The zero-order valence-corrected chi connectivity index (χ0v) is 13.6. The predicted molar refractivity (Wildman–Crippen MR) is 89.4 cm³/mol. The van der Waals surface area contributed by atoms with Gasteiger partial charge < -0.3 is 5.11 Å². The number of aromatic nitrogens is 3. The van der Waals surface area contributed by atoms with Crippen molar-refractivity contribution in [1.82, 2.24) is 14.6 Å². The predicted octanol–water partition coefficient (Wildman–Crippen LogP) is 2.43. The van der Waals surface area contributed by atoms with Crippen molar-refractivity contribution in [2.45, 2.75) is 18.8 Å². The highest BCUT2D eigenvalue weighted by Crippen LogP contribution is 2.20. The lowest BCUT2D eigenvalue weighted by molar-refractivity contribution is 0.204. The van der Waals surface area contributed by atoms with Crippen LogP contribution in [0.25, 0.3) is 4.96 Å². The third kappa shape index (κ3) is 3.37. The van der Waals surface area contributed by atoms with Crippen LogP contribution in [-0.2, 0) is 5.75 Å². The largest absolute Gasteiger partial charge is 0.388 e. The molecule has 7 heteroatoms. The summed E-state index contributed by atoms with van der Waals surface area (Å²) in [5, 5.41) is 15.0. The maximum Gasteiger partial charge on any atom is 0.275 e. The van der Waals surface area contributed by atoms with Gasteiger partial charge in [-0.2, -0.15) is 21.4 Å². The van der Waals surface area contributed by atoms with Gasteiger partial charge in [0.2, 0.25) is 4.96 Å². The summed E-state index contributed by atoms with van der Waals surface area (Å²) >= 11 is 2.96. The summed E-state index contributed by atoms with van der Waals surface area (Å²) in [4.78, 5) is 17.0. The summed E-state index contributed by atoms with van der Waals surface area (Å²) in [5.41, 5.74) is 1.46. The lowest BCUT2D eigenvalue weighted by Gasteiger charge is -2.10. The minimum absolute atomic E-state index is 0.159. The van der Waals surface area contributed by atoms with Crippen LogP contribution in [0.2, 0.25) is 0 Å². The fraction of sp³-hybridized carbons (Fsp3) is 0.267. The maximum absolute atomic E-state index is 11.9. The Bertz CT molecular complexity index is 830. The number of thioether (sulfide) groups is 1. The number of aliphatic hydroxyl groups excluding tert-OH is 1. The van der Waals surface area contributed by atoms with Gasteiger partial charge >= 0.3 is 0 Å². The van der Waals surface area contributed by atoms with E-state index in [1.807, 2.05) is 37.3 Å². The first-order valence-electron chi connectivity index (χ1n) is 6.80. The zero-order valence-electron chi connectivity index (χ0n) is 12.0. The van der Waals surface area contributed by atoms with Crippen molar-refractivity contribution in [3.63, 3.8) is 0 Å². The molecule has 5 nitrogen and oxygen atoms in total. The quantitative estimate of drug-likeness (QED) is 0.777. The van der Waals surface area contributed by atoms with Crippen molar-refractivity contribution >= 4 is 28.1 Å². The molecule has 0 aliphatic rings. The second-order valence-electron chi connectivity index (χ2n) is 4.84. The van der Waals surface area contributed by atoms with Crippen LogP contribution in [0.4, 0.5) is 0 Å². The number of aryl methyl sites for hydroxylation is 1. The first kappa shape index (κ1) is 15.2. The highest BCUT2D eigenvalue weighted by molar-refractivity contribution is 7.98. The molecule has 0 saturated carbocycles. The molecular weight excluding hydrogens is 318 g/mol. The van der Waals surface area contributed by atoms with Crippen molar-refractivity contribution in [2.24, 2.45) is 0 Å². The average molecular weight is 333 g/mol. The van der Waals surface area contributed by atoms with Gasteiger partial charge in [-0.3, -0.25) is 4.79 Å². The molecule has 0 fully saturated rings.